The van der Waals surface area contributed by atoms with Crippen LogP contribution in [0.25, 0.3) is 0 Å². The van der Waals surface area contributed by atoms with Crippen LogP contribution in [-0.2, 0) is 4.79 Å². The second-order valence-electron chi connectivity index (χ2n) is 4.44. The van der Waals surface area contributed by atoms with E-state index in [9.17, 15) is 9.59 Å². The summed E-state index contributed by atoms with van der Waals surface area (Å²) < 4.78 is 0. The van der Waals surface area contributed by atoms with Crippen molar-refractivity contribution in [2.45, 2.75) is 4.90 Å². The zero-order chi connectivity index (χ0) is 15.4. The summed E-state index contributed by atoms with van der Waals surface area (Å²) in [5.74, 6) is -0.712. The van der Waals surface area contributed by atoms with Crippen molar-refractivity contribution in [2.75, 3.05) is 17.2 Å². The van der Waals surface area contributed by atoms with Crippen LogP contribution in [0.1, 0.15) is 10.4 Å². The largest absolute Gasteiger partial charge is 0.478 e. The van der Waals surface area contributed by atoms with Crippen LogP contribution in [0.4, 0.5) is 5.69 Å². The Bertz CT molecular complexity index is 649. The van der Waals surface area contributed by atoms with E-state index in [0.717, 1.165) is 10.5 Å². The first-order valence-electron chi connectivity index (χ1n) is 6.31. The molecule has 0 spiro atoms. The van der Waals surface area contributed by atoms with E-state index < -0.39 is 5.97 Å². The number of rotatable bonds is 5. The standard InChI is InChI=1S/C16H15NO3S/c1-3-5-11(4-2)9-17-13-8-12(16(19)20)6-7-14(13)21-10-15(17)18/h3-8H,1-2,9-10H2,(H,19,20)/b11-5+. The van der Waals surface area contributed by atoms with E-state index in [-0.39, 0.29) is 11.5 Å². The van der Waals surface area contributed by atoms with Gasteiger partial charge < -0.3 is 10.0 Å². The highest BCUT2D eigenvalue weighted by Gasteiger charge is 2.25. The summed E-state index contributed by atoms with van der Waals surface area (Å²) in [4.78, 5) is 25.8. The highest BCUT2D eigenvalue weighted by Crippen LogP contribution is 2.36. The molecule has 1 aromatic rings. The van der Waals surface area contributed by atoms with Gasteiger partial charge >= 0.3 is 5.97 Å². The molecule has 0 saturated carbocycles. The van der Waals surface area contributed by atoms with Crippen LogP contribution in [0.2, 0.25) is 0 Å². The molecule has 4 nitrogen and oxygen atoms in total. The molecule has 1 heterocycles. The van der Waals surface area contributed by atoms with Gasteiger partial charge in [0, 0.05) is 4.90 Å². The molecule has 1 aliphatic heterocycles. The summed E-state index contributed by atoms with van der Waals surface area (Å²) in [5.41, 5.74) is 1.65. The highest BCUT2D eigenvalue weighted by atomic mass is 32.2. The Kier molecular flexibility index (Phi) is 4.65. The molecule has 0 atom stereocenters. The number of anilines is 1. The summed E-state index contributed by atoms with van der Waals surface area (Å²) in [6.45, 7) is 7.70. The van der Waals surface area contributed by atoms with Crippen molar-refractivity contribution in [1.29, 1.82) is 0 Å². The van der Waals surface area contributed by atoms with E-state index in [1.165, 1.54) is 17.8 Å². The van der Waals surface area contributed by atoms with Crippen molar-refractivity contribution in [3.8, 4) is 0 Å². The van der Waals surface area contributed by atoms with Gasteiger partial charge in [-0.2, -0.15) is 0 Å². The number of carboxylic acids is 1. The lowest BCUT2D eigenvalue weighted by molar-refractivity contribution is -0.116. The van der Waals surface area contributed by atoms with Gasteiger partial charge in [-0.05, 0) is 23.8 Å². The summed E-state index contributed by atoms with van der Waals surface area (Å²) in [6.07, 6.45) is 5.08. The van der Waals surface area contributed by atoms with Crippen molar-refractivity contribution in [3.05, 3.63) is 60.7 Å². The molecule has 1 aromatic carbocycles. The molecule has 0 fully saturated rings. The second kappa shape index (κ2) is 6.45. The Hall–Kier alpha value is -2.27. The van der Waals surface area contributed by atoms with Gasteiger partial charge in [-0.25, -0.2) is 4.79 Å². The van der Waals surface area contributed by atoms with E-state index in [4.69, 9.17) is 5.11 Å². The van der Waals surface area contributed by atoms with Gasteiger partial charge in [0.05, 0.1) is 23.5 Å². The number of amides is 1. The van der Waals surface area contributed by atoms with Crippen LogP contribution < -0.4 is 4.90 Å². The van der Waals surface area contributed by atoms with Crippen LogP contribution >= 0.6 is 11.8 Å². The molecular formula is C16H15NO3S. The third kappa shape index (κ3) is 3.25. The van der Waals surface area contributed by atoms with Crippen LogP contribution in [-0.4, -0.2) is 29.3 Å². The minimum atomic E-state index is -1.01. The summed E-state index contributed by atoms with van der Waals surface area (Å²) in [6, 6.07) is 4.83. The molecule has 2 rings (SSSR count). The molecule has 0 aliphatic carbocycles. The normalized spacial score (nSPS) is 14.6. The minimum Gasteiger partial charge on any atom is -0.478 e. The number of hydrogen-bond donors (Lipinski definition) is 1. The quantitative estimate of drug-likeness (QED) is 0.849. The molecular weight excluding hydrogens is 286 g/mol. The number of carbonyl (C=O) groups excluding carboxylic acids is 1. The first kappa shape index (κ1) is 15.1. The summed E-state index contributed by atoms with van der Waals surface area (Å²) in [7, 11) is 0. The van der Waals surface area contributed by atoms with Gasteiger partial charge in [0.1, 0.15) is 0 Å². The predicted molar refractivity (Wildman–Crippen MR) is 85.0 cm³/mol. The van der Waals surface area contributed by atoms with E-state index in [1.807, 2.05) is 0 Å². The van der Waals surface area contributed by atoms with Gasteiger partial charge in [0.2, 0.25) is 5.91 Å². The van der Waals surface area contributed by atoms with Crippen LogP contribution in [0, 0.1) is 0 Å². The van der Waals surface area contributed by atoms with Crippen molar-refractivity contribution in [3.63, 3.8) is 0 Å². The fourth-order valence-corrected chi connectivity index (χ4v) is 2.94. The van der Waals surface area contributed by atoms with Crippen molar-refractivity contribution in [1.82, 2.24) is 0 Å². The maximum absolute atomic E-state index is 12.2. The fraction of sp³-hybridized carbons (Fsp3) is 0.125. The van der Waals surface area contributed by atoms with Gasteiger partial charge in [0.25, 0.3) is 0 Å². The monoisotopic (exact) mass is 301 g/mol. The molecule has 0 saturated heterocycles. The number of carboxylic acid groups (broad SMARTS) is 1. The van der Waals surface area contributed by atoms with Crippen molar-refractivity contribution >= 4 is 29.3 Å². The van der Waals surface area contributed by atoms with Crippen LogP contribution in [0.15, 0.2) is 60.1 Å². The number of carbonyl (C=O) groups is 2. The minimum absolute atomic E-state index is 0.0492. The third-order valence-electron chi connectivity index (χ3n) is 3.08. The molecule has 0 bridgehead atoms. The molecule has 21 heavy (non-hydrogen) atoms. The summed E-state index contributed by atoms with van der Waals surface area (Å²) in [5, 5.41) is 9.10. The topological polar surface area (TPSA) is 57.6 Å². The predicted octanol–water partition coefficient (Wildman–Crippen LogP) is 3.12. The molecule has 0 radical (unpaired) electrons. The maximum Gasteiger partial charge on any atom is 0.335 e. The molecule has 5 heteroatoms. The molecule has 1 amide bonds. The lowest BCUT2D eigenvalue weighted by Crippen LogP contribution is -2.36. The number of nitrogens with zero attached hydrogens (tertiary/aromatic N) is 1. The number of thioether (sulfide) groups is 1. The Labute approximate surface area is 127 Å². The van der Waals surface area contributed by atoms with E-state index in [1.54, 1.807) is 35.3 Å². The number of benzene rings is 1. The molecule has 1 N–H and O–H groups in total. The molecule has 0 aromatic heterocycles. The van der Waals surface area contributed by atoms with Gasteiger partial charge in [-0.3, -0.25) is 4.79 Å². The van der Waals surface area contributed by atoms with Gasteiger partial charge in [-0.1, -0.05) is 31.4 Å². The first-order chi connectivity index (χ1) is 10.1. The highest BCUT2D eigenvalue weighted by molar-refractivity contribution is 8.00. The van der Waals surface area contributed by atoms with Crippen molar-refractivity contribution in [2.24, 2.45) is 0 Å². The molecule has 1 aliphatic rings. The lowest BCUT2D eigenvalue weighted by Gasteiger charge is -2.29. The summed E-state index contributed by atoms with van der Waals surface area (Å²) >= 11 is 1.42. The third-order valence-corrected chi connectivity index (χ3v) is 4.13. The molecule has 0 unspecified atom stereocenters. The first-order valence-corrected chi connectivity index (χ1v) is 7.30. The Morgan fingerprint density at radius 1 is 1.43 bits per heavy atom. The Morgan fingerprint density at radius 3 is 2.81 bits per heavy atom. The van der Waals surface area contributed by atoms with E-state index in [2.05, 4.69) is 13.2 Å². The number of allylic oxidation sites excluding steroid dienone is 2. The average Bonchev–Trinajstić information content (AvgIpc) is 2.48. The number of hydrogen-bond acceptors (Lipinski definition) is 3. The Morgan fingerprint density at radius 2 is 2.19 bits per heavy atom. The SMILES string of the molecule is C=C/C=C(\C=C)CN1C(=O)CSc2ccc(C(=O)O)cc21. The van der Waals surface area contributed by atoms with E-state index >= 15 is 0 Å². The Balaban J connectivity index is 2.43. The van der Waals surface area contributed by atoms with Crippen LogP contribution in [0.3, 0.4) is 0 Å². The number of fused-ring (bicyclic) bond motifs is 1. The van der Waals surface area contributed by atoms with Gasteiger partial charge in [-0.15, -0.1) is 11.8 Å². The van der Waals surface area contributed by atoms with Crippen molar-refractivity contribution < 1.29 is 14.7 Å². The van der Waals surface area contributed by atoms with Crippen LogP contribution in [0.5, 0.6) is 0 Å². The zero-order valence-electron chi connectivity index (χ0n) is 11.4. The smallest absolute Gasteiger partial charge is 0.335 e. The number of aromatic carboxylic acids is 1. The second-order valence-corrected chi connectivity index (χ2v) is 5.45. The molecule has 108 valence electrons. The van der Waals surface area contributed by atoms with Gasteiger partial charge in [0.15, 0.2) is 0 Å². The van der Waals surface area contributed by atoms with E-state index in [0.29, 0.717) is 18.0 Å². The lowest BCUT2D eigenvalue weighted by atomic mass is 10.1. The zero-order valence-corrected chi connectivity index (χ0v) is 12.2. The maximum atomic E-state index is 12.2. The average molecular weight is 301 g/mol. The fourth-order valence-electron chi connectivity index (χ4n) is 2.03.